The van der Waals surface area contributed by atoms with E-state index in [1.807, 2.05) is 18.2 Å². The van der Waals surface area contributed by atoms with Crippen LogP contribution in [0.5, 0.6) is 0 Å². The summed E-state index contributed by atoms with van der Waals surface area (Å²) in [6.45, 7) is 10.8. The first-order valence-corrected chi connectivity index (χ1v) is 9.75. The van der Waals surface area contributed by atoms with Crippen LogP contribution in [0.15, 0.2) is 36.0 Å². The van der Waals surface area contributed by atoms with Gasteiger partial charge in [0.1, 0.15) is 10.8 Å². The molecule has 0 saturated carbocycles. The fraction of sp³-hybridized carbons (Fsp3) is 0.400. The molecule has 1 N–H and O–H groups in total. The Labute approximate surface area is 159 Å². The molecule has 1 atom stereocenters. The Morgan fingerprint density at radius 1 is 1.12 bits per heavy atom. The quantitative estimate of drug-likeness (QED) is 0.685. The van der Waals surface area contributed by atoms with E-state index in [2.05, 4.69) is 55.3 Å². The van der Waals surface area contributed by atoms with Crippen molar-refractivity contribution in [1.82, 2.24) is 19.9 Å². The Kier molecular flexibility index (Phi) is 5.32. The minimum Gasteiger partial charge on any atom is -0.361 e. The van der Waals surface area contributed by atoms with Crippen molar-refractivity contribution in [2.24, 2.45) is 0 Å². The van der Waals surface area contributed by atoms with E-state index in [0.717, 1.165) is 40.0 Å². The summed E-state index contributed by atoms with van der Waals surface area (Å²) in [4.78, 5) is 18.2. The summed E-state index contributed by atoms with van der Waals surface area (Å²) >= 11 is 1.69. The highest BCUT2D eigenvalue weighted by Gasteiger charge is 2.20. The van der Waals surface area contributed by atoms with E-state index >= 15 is 0 Å². The second-order valence-corrected chi connectivity index (χ2v) is 8.23. The molecule has 0 fully saturated rings. The lowest BCUT2D eigenvalue weighted by Crippen LogP contribution is -2.13. The Hall–Kier alpha value is -2.34. The second-order valence-electron chi connectivity index (χ2n) is 7.34. The summed E-state index contributed by atoms with van der Waals surface area (Å²) in [7, 11) is 0. The maximum atomic E-state index is 4.81. The van der Waals surface area contributed by atoms with Crippen molar-refractivity contribution in [3.63, 3.8) is 0 Å². The Morgan fingerprint density at radius 2 is 1.85 bits per heavy atom. The van der Waals surface area contributed by atoms with E-state index in [0.29, 0.717) is 0 Å². The highest BCUT2D eigenvalue weighted by molar-refractivity contribution is 7.09. The van der Waals surface area contributed by atoms with Crippen LogP contribution >= 0.6 is 11.3 Å². The van der Waals surface area contributed by atoms with Crippen LogP contribution in [0.2, 0.25) is 0 Å². The minimum atomic E-state index is 0.0628. The van der Waals surface area contributed by atoms with E-state index in [1.54, 1.807) is 23.7 Å². The highest BCUT2D eigenvalue weighted by Crippen LogP contribution is 2.28. The van der Waals surface area contributed by atoms with Crippen molar-refractivity contribution in [2.45, 2.75) is 52.5 Å². The van der Waals surface area contributed by atoms with Gasteiger partial charge in [-0.1, -0.05) is 27.7 Å². The van der Waals surface area contributed by atoms with Gasteiger partial charge in [0.15, 0.2) is 5.82 Å². The Balaban J connectivity index is 1.86. The summed E-state index contributed by atoms with van der Waals surface area (Å²) in [6, 6.07) is 5.96. The van der Waals surface area contributed by atoms with Crippen LogP contribution in [0.4, 0.5) is 5.82 Å². The lowest BCUT2D eigenvalue weighted by atomic mass is 9.93. The standard InChI is InChI=1S/C20H25N5S/c1-6-15-11-17(25-18(23-15)14-7-9-21-10-8-14)22-13(2)19-24-16(12-26-19)20(3,4)5/h7-13H,6H2,1-5H3,(H,22,23,25). The van der Waals surface area contributed by atoms with Crippen molar-refractivity contribution in [3.8, 4) is 11.4 Å². The SMILES string of the molecule is CCc1cc(NC(C)c2nc(C(C)(C)C)cs2)nc(-c2ccncc2)n1. The molecule has 6 heteroatoms. The van der Waals surface area contributed by atoms with Crippen LogP contribution in [0.25, 0.3) is 11.4 Å². The smallest absolute Gasteiger partial charge is 0.161 e. The van der Waals surface area contributed by atoms with Crippen LogP contribution in [0.3, 0.4) is 0 Å². The largest absolute Gasteiger partial charge is 0.361 e. The van der Waals surface area contributed by atoms with Gasteiger partial charge in [-0.05, 0) is 25.5 Å². The van der Waals surface area contributed by atoms with Gasteiger partial charge in [0.05, 0.1) is 11.7 Å². The van der Waals surface area contributed by atoms with Gasteiger partial charge in [0.25, 0.3) is 0 Å². The number of nitrogens with zero attached hydrogens (tertiary/aromatic N) is 4. The average Bonchev–Trinajstić information content (AvgIpc) is 3.13. The molecule has 0 radical (unpaired) electrons. The molecule has 1 unspecified atom stereocenters. The number of nitrogens with one attached hydrogen (secondary N) is 1. The number of hydrogen-bond acceptors (Lipinski definition) is 6. The van der Waals surface area contributed by atoms with Crippen LogP contribution in [0, 0.1) is 0 Å². The van der Waals surface area contributed by atoms with E-state index in [-0.39, 0.29) is 11.5 Å². The molecule has 3 rings (SSSR count). The lowest BCUT2D eigenvalue weighted by molar-refractivity contribution is 0.569. The van der Waals surface area contributed by atoms with Crippen molar-refractivity contribution in [1.29, 1.82) is 0 Å². The van der Waals surface area contributed by atoms with Crippen LogP contribution in [-0.2, 0) is 11.8 Å². The van der Waals surface area contributed by atoms with E-state index in [9.17, 15) is 0 Å². The summed E-state index contributed by atoms with van der Waals surface area (Å²) in [5, 5.41) is 6.70. The van der Waals surface area contributed by atoms with E-state index in [4.69, 9.17) is 9.97 Å². The molecule has 3 aromatic heterocycles. The normalized spacial score (nSPS) is 12.8. The van der Waals surface area contributed by atoms with Gasteiger partial charge < -0.3 is 5.32 Å². The van der Waals surface area contributed by atoms with E-state index < -0.39 is 0 Å². The number of anilines is 1. The van der Waals surface area contributed by atoms with Crippen molar-refractivity contribution in [2.75, 3.05) is 5.32 Å². The fourth-order valence-corrected chi connectivity index (χ4v) is 3.55. The predicted molar refractivity (Wildman–Crippen MR) is 107 cm³/mol. The first-order valence-electron chi connectivity index (χ1n) is 8.87. The molecule has 0 aromatic carbocycles. The average molecular weight is 368 g/mol. The summed E-state index contributed by atoms with van der Waals surface area (Å²) in [5.41, 5.74) is 3.17. The summed E-state index contributed by atoms with van der Waals surface area (Å²) in [6.07, 6.45) is 4.38. The first-order chi connectivity index (χ1) is 12.4. The Bertz CT molecular complexity index is 867. The zero-order chi connectivity index (χ0) is 18.7. The third kappa shape index (κ3) is 4.25. The van der Waals surface area contributed by atoms with Gasteiger partial charge in [-0.15, -0.1) is 11.3 Å². The summed E-state index contributed by atoms with van der Waals surface area (Å²) < 4.78 is 0. The summed E-state index contributed by atoms with van der Waals surface area (Å²) in [5.74, 6) is 1.54. The first kappa shape index (κ1) is 18.5. The number of aryl methyl sites for hydroxylation is 1. The molecule has 0 aliphatic carbocycles. The molecule has 0 aliphatic rings. The third-order valence-electron chi connectivity index (χ3n) is 4.11. The molecule has 136 valence electrons. The molecule has 0 amide bonds. The maximum absolute atomic E-state index is 4.81. The second kappa shape index (κ2) is 7.50. The van der Waals surface area contributed by atoms with E-state index in [1.165, 1.54) is 0 Å². The molecule has 26 heavy (non-hydrogen) atoms. The van der Waals surface area contributed by atoms with Gasteiger partial charge in [0, 0.05) is 40.5 Å². The number of pyridine rings is 1. The minimum absolute atomic E-state index is 0.0628. The molecule has 0 spiro atoms. The molecule has 0 bridgehead atoms. The molecular weight excluding hydrogens is 342 g/mol. The molecule has 0 aliphatic heterocycles. The van der Waals surface area contributed by atoms with Crippen LogP contribution in [-0.4, -0.2) is 19.9 Å². The highest BCUT2D eigenvalue weighted by atomic mass is 32.1. The number of thiazole rings is 1. The molecule has 3 heterocycles. The molecular formula is C20H25N5S. The number of rotatable bonds is 5. The van der Waals surface area contributed by atoms with Crippen LogP contribution < -0.4 is 5.32 Å². The Morgan fingerprint density at radius 3 is 2.46 bits per heavy atom. The number of aromatic nitrogens is 4. The zero-order valence-corrected chi connectivity index (χ0v) is 16.8. The van der Waals surface area contributed by atoms with Gasteiger partial charge in [-0.25, -0.2) is 15.0 Å². The fourth-order valence-electron chi connectivity index (χ4n) is 2.50. The molecule has 5 nitrogen and oxygen atoms in total. The van der Waals surface area contributed by atoms with Crippen molar-refractivity contribution in [3.05, 3.63) is 52.4 Å². The predicted octanol–water partition coefficient (Wildman–Crippen LogP) is 5.03. The van der Waals surface area contributed by atoms with Gasteiger partial charge in [0.2, 0.25) is 0 Å². The van der Waals surface area contributed by atoms with Crippen molar-refractivity contribution >= 4 is 17.2 Å². The monoisotopic (exact) mass is 367 g/mol. The number of hydrogen-bond donors (Lipinski definition) is 1. The van der Waals surface area contributed by atoms with Crippen LogP contribution in [0.1, 0.15) is 57.1 Å². The topological polar surface area (TPSA) is 63.6 Å². The van der Waals surface area contributed by atoms with Crippen molar-refractivity contribution < 1.29 is 0 Å². The van der Waals surface area contributed by atoms with Gasteiger partial charge in [-0.3, -0.25) is 4.98 Å². The zero-order valence-electron chi connectivity index (χ0n) is 15.9. The molecule has 0 saturated heterocycles. The molecule has 3 aromatic rings. The van der Waals surface area contributed by atoms with Gasteiger partial charge in [-0.2, -0.15) is 0 Å². The third-order valence-corrected chi connectivity index (χ3v) is 5.13. The van der Waals surface area contributed by atoms with Gasteiger partial charge >= 0.3 is 0 Å². The maximum Gasteiger partial charge on any atom is 0.161 e. The lowest BCUT2D eigenvalue weighted by Gasteiger charge is -2.16.